The molecule has 0 bridgehead atoms. The van der Waals surface area contributed by atoms with Gasteiger partial charge in [-0.05, 0) is 44.7 Å². The molecular weight excluding hydrogens is 252 g/mol. The molecule has 1 aliphatic carbocycles. The van der Waals surface area contributed by atoms with E-state index in [-0.39, 0.29) is 17.7 Å². The zero-order valence-corrected chi connectivity index (χ0v) is 11.9. The zero-order valence-electron chi connectivity index (χ0n) is 11.9. The van der Waals surface area contributed by atoms with E-state index in [2.05, 4.69) is 16.9 Å². The summed E-state index contributed by atoms with van der Waals surface area (Å²) in [6.45, 7) is 3.86. The molecule has 0 spiro atoms. The Labute approximate surface area is 119 Å². The maximum Gasteiger partial charge on any atom is 0.269 e. The summed E-state index contributed by atoms with van der Waals surface area (Å²) in [5.74, 6) is -0.436. The Kier molecular flexibility index (Phi) is 4.56. The van der Waals surface area contributed by atoms with Gasteiger partial charge in [0.25, 0.3) is 5.91 Å². The molecule has 0 saturated heterocycles. The Bertz CT molecular complexity index is 549. The molecule has 106 valence electrons. The van der Waals surface area contributed by atoms with Crippen molar-refractivity contribution in [3.63, 3.8) is 0 Å². The van der Waals surface area contributed by atoms with E-state index in [4.69, 9.17) is 0 Å². The summed E-state index contributed by atoms with van der Waals surface area (Å²) >= 11 is 0. The average molecular weight is 272 g/mol. The minimum atomic E-state index is -0.276. The highest BCUT2D eigenvalue weighted by Gasteiger charge is 2.19. The van der Waals surface area contributed by atoms with Crippen LogP contribution in [-0.2, 0) is 4.79 Å². The van der Waals surface area contributed by atoms with Crippen LogP contribution in [0.5, 0.6) is 0 Å². The van der Waals surface area contributed by atoms with Crippen molar-refractivity contribution < 1.29 is 9.59 Å². The number of hydrazine groups is 1. The fourth-order valence-corrected chi connectivity index (χ4v) is 2.39. The number of aryl methyl sites for hydroxylation is 2. The van der Waals surface area contributed by atoms with Crippen molar-refractivity contribution >= 4 is 11.8 Å². The third kappa shape index (κ3) is 3.47. The lowest BCUT2D eigenvalue weighted by molar-refractivity contribution is -0.126. The third-order valence-electron chi connectivity index (χ3n) is 3.57. The molecule has 4 heteroatoms. The molecule has 0 saturated carbocycles. The molecule has 2 rings (SSSR count). The molecule has 0 aromatic heterocycles. The smallest absolute Gasteiger partial charge is 0.269 e. The number of hydrogen-bond donors (Lipinski definition) is 2. The largest absolute Gasteiger partial charge is 0.273 e. The van der Waals surface area contributed by atoms with Crippen LogP contribution >= 0.6 is 0 Å². The van der Waals surface area contributed by atoms with Crippen LogP contribution in [-0.4, -0.2) is 11.8 Å². The number of carbonyl (C=O) groups excluding carboxylic acids is 2. The van der Waals surface area contributed by atoms with Crippen LogP contribution in [0, 0.1) is 19.8 Å². The number of benzene rings is 1. The highest BCUT2D eigenvalue weighted by molar-refractivity contribution is 5.96. The van der Waals surface area contributed by atoms with Crippen molar-refractivity contribution in [3.8, 4) is 0 Å². The van der Waals surface area contributed by atoms with Gasteiger partial charge in [-0.3, -0.25) is 20.4 Å². The monoisotopic (exact) mass is 272 g/mol. The Morgan fingerprint density at radius 3 is 2.60 bits per heavy atom. The van der Waals surface area contributed by atoms with Crippen molar-refractivity contribution in [3.05, 3.63) is 47.0 Å². The molecule has 0 heterocycles. The fraction of sp³-hybridized carbons (Fsp3) is 0.375. The molecule has 0 unspecified atom stereocenters. The van der Waals surface area contributed by atoms with Gasteiger partial charge in [0.1, 0.15) is 0 Å². The summed E-state index contributed by atoms with van der Waals surface area (Å²) in [7, 11) is 0. The molecule has 4 nitrogen and oxygen atoms in total. The van der Waals surface area contributed by atoms with Crippen molar-refractivity contribution in [1.29, 1.82) is 0 Å². The van der Waals surface area contributed by atoms with Crippen LogP contribution in [0.1, 0.15) is 40.7 Å². The van der Waals surface area contributed by atoms with Crippen LogP contribution in [0.4, 0.5) is 0 Å². The zero-order chi connectivity index (χ0) is 14.5. The molecule has 2 amide bonds. The first-order chi connectivity index (χ1) is 9.58. The Morgan fingerprint density at radius 2 is 1.95 bits per heavy atom. The highest BCUT2D eigenvalue weighted by atomic mass is 16.2. The van der Waals surface area contributed by atoms with Gasteiger partial charge in [-0.1, -0.05) is 29.8 Å². The summed E-state index contributed by atoms with van der Waals surface area (Å²) in [6, 6.07) is 5.60. The maximum atomic E-state index is 12.0. The lowest BCUT2D eigenvalue weighted by Gasteiger charge is -2.17. The van der Waals surface area contributed by atoms with Gasteiger partial charge in [0.15, 0.2) is 0 Å². The van der Waals surface area contributed by atoms with E-state index in [9.17, 15) is 9.59 Å². The van der Waals surface area contributed by atoms with E-state index in [0.717, 1.165) is 30.4 Å². The summed E-state index contributed by atoms with van der Waals surface area (Å²) in [4.78, 5) is 23.9. The van der Waals surface area contributed by atoms with Gasteiger partial charge in [0.05, 0.1) is 0 Å². The molecule has 0 aliphatic heterocycles. The van der Waals surface area contributed by atoms with Gasteiger partial charge >= 0.3 is 0 Å². The first kappa shape index (κ1) is 14.3. The molecular formula is C16H20N2O2. The Morgan fingerprint density at radius 1 is 1.15 bits per heavy atom. The lowest BCUT2D eigenvalue weighted by atomic mass is 9.94. The highest BCUT2D eigenvalue weighted by Crippen LogP contribution is 2.17. The average Bonchev–Trinajstić information content (AvgIpc) is 2.45. The Hall–Kier alpha value is -2.10. The van der Waals surface area contributed by atoms with Gasteiger partial charge in [0, 0.05) is 11.5 Å². The second kappa shape index (κ2) is 6.37. The summed E-state index contributed by atoms with van der Waals surface area (Å²) in [5.41, 5.74) is 7.61. The number of amides is 2. The quantitative estimate of drug-likeness (QED) is 0.641. The van der Waals surface area contributed by atoms with E-state index in [1.165, 1.54) is 0 Å². The van der Waals surface area contributed by atoms with E-state index < -0.39 is 0 Å². The maximum absolute atomic E-state index is 12.0. The van der Waals surface area contributed by atoms with Crippen LogP contribution in [0.25, 0.3) is 0 Å². The number of carbonyl (C=O) groups is 2. The SMILES string of the molecule is Cc1ccc(C(=O)NNC(=O)[C@H]2CC=CCC2)c(C)c1. The van der Waals surface area contributed by atoms with E-state index in [1.54, 1.807) is 6.07 Å². The number of rotatable bonds is 2. The topological polar surface area (TPSA) is 58.2 Å². The second-order valence-electron chi connectivity index (χ2n) is 5.24. The lowest BCUT2D eigenvalue weighted by Crippen LogP contribution is -2.44. The number of nitrogens with one attached hydrogen (secondary N) is 2. The standard InChI is InChI=1S/C16H20N2O2/c1-11-8-9-14(12(2)10-11)16(20)18-17-15(19)13-6-4-3-5-7-13/h3-4,8-10,13H,5-7H2,1-2H3,(H,17,19)(H,18,20)/t13-/m0/s1. The van der Waals surface area contributed by atoms with Crippen molar-refractivity contribution in [1.82, 2.24) is 10.9 Å². The molecule has 1 aromatic carbocycles. The van der Waals surface area contributed by atoms with E-state index in [1.807, 2.05) is 32.1 Å². The molecule has 0 fully saturated rings. The predicted molar refractivity (Wildman–Crippen MR) is 78.0 cm³/mol. The molecule has 0 radical (unpaired) electrons. The van der Waals surface area contributed by atoms with Crippen molar-refractivity contribution in [2.45, 2.75) is 33.1 Å². The second-order valence-corrected chi connectivity index (χ2v) is 5.24. The summed E-state index contributed by atoms with van der Waals surface area (Å²) < 4.78 is 0. The van der Waals surface area contributed by atoms with Gasteiger partial charge in [-0.15, -0.1) is 0 Å². The van der Waals surface area contributed by atoms with E-state index >= 15 is 0 Å². The molecule has 1 aromatic rings. The van der Waals surface area contributed by atoms with Gasteiger partial charge in [-0.2, -0.15) is 0 Å². The van der Waals surface area contributed by atoms with Crippen LogP contribution < -0.4 is 10.9 Å². The molecule has 20 heavy (non-hydrogen) atoms. The molecule has 1 atom stereocenters. The third-order valence-corrected chi connectivity index (χ3v) is 3.57. The first-order valence-corrected chi connectivity index (χ1v) is 6.90. The van der Waals surface area contributed by atoms with Gasteiger partial charge in [0.2, 0.25) is 5.91 Å². The van der Waals surface area contributed by atoms with Crippen LogP contribution in [0.2, 0.25) is 0 Å². The van der Waals surface area contributed by atoms with E-state index in [0.29, 0.717) is 5.56 Å². The first-order valence-electron chi connectivity index (χ1n) is 6.90. The minimum Gasteiger partial charge on any atom is -0.273 e. The molecule has 2 N–H and O–H groups in total. The van der Waals surface area contributed by atoms with Gasteiger partial charge < -0.3 is 0 Å². The predicted octanol–water partition coefficient (Wildman–Crippen LogP) is 2.42. The van der Waals surface area contributed by atoms with Crippen LogP contribution in [0.3, 0.4) is 0 Å². The Balaban J connectivity index is 1.91. The molecule has 1 aliphatic rings. The van der Waals surface area contributed by atoms with Crippen LogP contribution in [0.15, 0.2) is 30.4 Å². The number of allylic oxidation sites excluding steroid dienone is 2. The van der Waals surface area contributed by atoms with Gasteiger partial charge in [-0.25, -0.2) is 0 Å². The van der Waals surface area contributed by atoms with Crippen molar-refractivity contribution in [2.75, 3.05) is 0 Å². The van der Waals surface area contributed by atoms with Crippen molar-refractivity contribution in [2.24, 2.45) is 5.92 Å². The fourth-order valence-electron chi connectivity index (χ4n) is 2.39. The normalized spacial score (nSPS) is 17.6. The minimum absolute atomic E-state index is 0.0422. The summed E-state index contributed by atoms with van der Waals surface area (Å²) in [6.07, 6.45) is 6.59. The number of hydrogen-bond acceptors (Lipinski definition) is 2. The summed E-state index contributed by atoms with van der Waals surface area (Å²) in [5, 5.41) is 0.